The van der Waals surface area contributed by atoms with Crippen LogP contribution in [0.5, 0.6) is 0 Å². The second-order valence-electron chi connectivity index (χ2n) is 6.99. The number of Topliss-reactive ketones (excluding diaryl/α,β-unsaturated/α-hetero) is 1. The van der Waals surface area contributed by atoms with Crippen molar-refractivity contribution in [2.24, 2.45) is 5.92 Å². The van der Waals surface area contributed by atoms with Crippen LogP contribution in [-0.4, -0.2) is 26.4 Å². The number of nitrogens with zero attached hydrogens (tertiary/aromatic N) is 2. The third-order valence-electron chi connectivity index (χ3n) is 5.02. The molecule has 3 aromatic rings. The van der Waals surface area contributed by atoms with E-state index in [0.29, 0.717) is 5.39 Å². The van der Waals surface area contributed by atoms with Crippen molar-refractivity contribution in [2.45, 2.75) is 13.5 Å². The number of pyridine rings is 1. The predicted molar refractivity (Wildman–Crippen MR) is 108 cm³/mol. The van der Waals surface area contributed by atoms with Gasteiger partial charge < -0.3 is 9.67 Å². The SMILES string of the molecule is CC1C=CC=C(c2c(C(=O)O)n(Cc3ccc(F)cc3F)c3ncc(Cl)cc23)C1=O. The fourth-order valence-corrected chi connectivity index (χ4v) is 3.77. The minimum atomic E-state index is -1.31. The van der Waals surface area contributed by atoms with Gasteiger partial charge in [0, 0.05) is 40.3 Å². The number of hydrogen-bond acceptors (Lipinski definition) is 3. The number of benzene rings is 1. The molecule has 0 radical (unpaired) electrons. The number of carbonyl (C=O) groups excluding carboxylic acids is 1. The molecule has 1 aliphatic rings. The highest BCUT2D eigenvalue weighted by Crippen LogP contribution is 2.36. The predicted octanol–water partition coefficient (Wildman–Crippen LogP) is 4.87. The average Bonchev–Trinajstić information content (AvgIpc) is 2.99. The molecular formula is C22H15ClF2N2O3. The summed E-state index contributed by atoms with van der Waals surface area (Å²) in [5.41, 5.74) is 0.486. The third-order valence-corrected chi connectivity index (χ3v) is 5.23. The number of carbonyl (C=O) groups is 2. The lowest BCUT2D eigenvalue weighted by Gasteiger charge is -2.14. The minimum Gasteiger partial charge on any atom is -0.477 e. The number of rotatable bonds is 4. The summed E-state index contributed by atoms with van der Waals surface area (Å²) < 4.78 is 28.9. The highest BCUT2D eigenvalue weighted by molar-refractivity contribution is 6.32. The number of allylic oxidation sites excluding steroid dienone is 4. The van der Waals surface area contributed by atoms with Crippen LogP contribution in [0.25, 0.3) is 16.6 Å². The van der Waals surface area contributed by atoms with E-state index in [9.17, 15) is 23.5 Å². The van der Waals surface area contributed by atoms with Gasteiger partial charge in [0.1, 0.15) is 23.0 Å². The Balaban J connectivity index is 2.02. The quantitative estimate of drug-likeness (QED) is 0.643. The van der Waals surface area contributed by atoms with Crippen molar-refractivity contribution in [1.82, 2.24) is 9.55 Å². The van der Waals surface area contributed by atoms with Gasteiger partial charge in [-0.15, -0.1) is 0 Å². The van der Waals surface area contributed by atoms with Crippen LogP contribution in [0.15, 0.2) is 48.7 Å². The second kappa shape index (κ2) is 7.50. The maximum absolute atomic E-state index is 14.3. The number of carboxylic acids is 1. The summed E-state index contributed by atoms with van der Waals surface area (Å²) in [7, 11) is 0. The van der Waals surface area contributed by atoms with Crippen LogP contribution < -0.4 is 0 Å². The van der Waals surface area contributed by atoms with Crippen molar-refractivity contribution >= 4 is 40.0 Å². The molecule has 2 heterocycles. The summed E-state index contributed by atoms with van der Waals surface area (Å²) in [6.07, 6.45) is 6.29. The van der Waals surface area contributed by atoms with Gasteiger partial charge in [-0.1, -0.05) is 42.8 Å². The van der Waals surface area contributed by atoms with Crippen LogP contribution in [0.4, 0.5) is 8.78 Å². The molecule has 0 saturated heterocycles. The molecule has 0 bridgehead atoms. The Hall–Kier alpha value is -3.32. The van der Waals surface area contributed by atoms with Crippen molar-refractivity contribution < 1.29 is 23.5 Å². The van der Waals surface area contributed by atoms with Gasteiger partial charge >= 0.3 is 5.97 Å². The second-order valence-corrected chi connectivity index (χ2v) is 7.43. The van der Waals surface area contributed by atoms with Crippen LogP contribution in [0.1, 0.15) is 28.5 Å². The summed E-state index contributed by atoms with van der Waals surface area (Å²) in [6.45, 7) is 1.50. The van der Waals surface area contributed by atoms with E-state index in [-0.39, 0.29) is 45.4 Å². The van der Waals surface area contributed by atoms with E-state index < -0.39 is 23.5 Å². The van der Waals surface area contributed by atoms with Gasteiger partial charge in [0.25, 0.3) is 0 Å². The molecule has 8 heteroatoms. The molecule has 0 aliphatic heterocycles. The molecule has 152 valence electrons. The number of fused-ring (bicyclic) bond motifs is 1. The molecule has 30 heavy (non-hydrogen) atoms. The van der Waals surface area contributed by atoms with E-state index in [1.165, 1.54) is 22.9 Å². The first kappa shape index (κ1) is 20.0. The Morgan fingerprint density at radius 2 is 2.07 bits per heavy atom. The molecule has 0 spiro atoms. The number of ketones is 1. The summed E-state index contributed by atoms with van der Waals surface area (Å²) in [5, 5.41) is 10.6. The molecule has 1 atom stereocenters. The maximum atomic E-state index is 14.3. The Morgan fingerprint density at radius 1 is 1.30 bits per heavy atom. The minimum absolute atomic E-state index is 0.0799. The molecule has 4 rings (SSSR count). The number of halogens is 3. The van der Waals surface area contributed by atoms with Crippen LogP contribution in [-0.2, 0) is 11.3 Å². The van der Waals surface area contributed by atoms with Gasteiger partial charge in [-0.25, -0.2) is 18.6 Å². The molecule has 1 unspecified atom stereocenters. The molecule has 0 amide bonds. The summed E-state index contributed by atoms with van der Waals surface area (Å²) in [6, 6.07) is 4.59. The molecule has 0 fully saturated rings. The fraction of sp³-hybridized carbons (Fsp3) is 0.136. The number of hydrogen-bond donors (Lipinski definition) is 1. The van der Waals surface area contributed by atoms with Crippen molar-refractivity contribution in [3.05, 3.63) is 82.2 Å². The van der Waals surface area contributed by atoms with Crippen LogP contribution >= 0.6 is 11.6 Å². The van der Waals surface area contributed by atoms with Gasteiger partial charge in [-0.3, -0.25) is 4.79 Å². The first-order valence-electron chi connectivity index (χ1n) is 9.06. The third kappa shape index (κ3) is 3.31. The first-order chi connectivity index (χ1) is 14.3. The first-order valence-corrected chi connectivity index (χ1v) is 9.43. The standard InChI is InChI=1S/C22H15ClF2N2O3/c1-11-3-2-4-15(20(11)28)18-16-7-13(23)9-26-21(16)27(19(18)22(29)30)10-12-5-6-14(24)8-17(12)25/h2-9,11H,10H2,1H3,(H,29,30). The smallest absolute Gasteiger partial charge is 0.353 e. The molecule has 0 saturated carbocycles. The molecule has 1 aliphatic carbocycles. The van der Waals surface area contributed by atoms with Crippen molar-refractivity contribution in [3.8, 4) is 0 Å². The molecule has 2 aromatic heterocycles. The zero-order valence-corrected chi connectivity index (χ0v) is 16.5. The highest BCUT2D eigenvalue weighted by atomic mass is 35.5. The lowest BCUT2D eigenvalue weighted by Crippen LogP contribution is -2.17. The van der Waals surface area contributed by atoms with Gasteiger partial charge in [-0.05, 0) is 12.1 Å². The van der Waals surface area contributed by atoms with E-state index in [4.69, 9.17) is 11.6 Å². The van der Waals surface area contributed by atoms with Crippen LogP contribution in [0.3, 0.4) is 0 Å². The lowest BCUT2D eigenvalue weighted by atomic mass is 9.88. The van der Waals surface area contributed by atoms with Gasteiger partial charge in [0.2, 0.25) is 0 Å². The van der Waals surface area contributed by atoms with E-state index in [1.807, 2.05) is 0 Å². The Bertz CT molecular complexity index is 1280. The molecule has 5 nitrogen and oxygen atoms in total. The van der Waals surface area contributed by atoms with Gasteiger partial charge in [0.05, 0.1) is 11.6 Å². The van der Waals surface area contributed by atoms with Crippen molar-refractivity contribution in [3.63, 3.8) is 0 Å². The van der Waals surface area contributed by atoms with Gasteiger partial charge in [0.15, 0.2) is 5.78 Å². The number of aromatic nitrogens is 2. The fourth-order valence-electron chi connectivity index (χ4n) is 3.61. The Morgan fingerprint density at radius 3 is 2.77 bits per heavy atom. The molecule has 1 N–H and O–H groups in total. The maximum Gasteiger partial charge on any atom is 0.353 e. The van der Waals surface area contributed by atoms with Crippen molar-refractivity contribution in [1.29, 1.82) is 0 Å². The van der Waals surface area contributed by atoms with E-state index >= 15 is 0 Å². The largest absolute Gasteiger partial charge is 0.477 e. The topological polar surface area (TPSA) is 72.2 Å². The Labute approximate surface area is 174 Å². The normalized spacial score (nSPS) is 16.2. The van der Waals surface area contributed by atoms with Crippen LogP contribution in [0.2, 0.25) is 5.02 Å². The van der Waals surface area contributed by atoms with E-state index in [2.05, 4.69) is 4.98 Å². The molecule has 1 aromatic carbocycles. The molecular weight excluding hydrogens is 414 g/mol. The summed E-state index contributed by atoms with van der Waals surface area (Å²) >= 11 is 6.10. The van der Waals surface area contributed by atoms with Crippen LogP contribution in [0, 0.1) is 17.6 Å². The zero-order chi connectivity index (χ0) is 21.6. The summed E-state index contributed by atoms with van der Waals surface area (Å²) in [4.78, 5) is 29.3. The average molecular weight is 429 g/mol. The Kier molecular flexibility index (Phi) is 4.99. The van der Waals surface area contributed by atoms with Gasteiger partial charge in [-0.2, -0.15) is 0 Å². The summed E-state index contributed by atoms with van der Waals surface area (Å²) in [5.74, 6) is -3.53. The number of carboxylic acid groups (broad SMARTS) is 1. The highest BCUT2D eigenvalue weighted by Gasteiger charge is 2.31. The van der Waals surface area contributed by atoms with E-state index in [0.717, 1.165) is 12.1 Å². The number of aromatic carboxylic acids is 1. The zero-order valence-electron chi connectivity index (χ0n) is 15.7. The lowest BCUT2D eigenvalue weighted by molar-refractivity contribution is -0.115. The van der Waals surface area contributed by atoms with E-state index in [1.54, 1.807) is 25.2 Å². The monoisotopic (exact) mass is 428 g/mol. The van der Waals surface area contributed by atoms with Crippen molar-refractivity contribution in [2.75, 3.05) is 0 Å².